The summed E-state index contributed by atoms with van der Waals surface area (Å²) in [5.74, 6) is -1.77. The lowest BCUT2D eigenvalue weighted by Gasteiger charge is -2.17. The highest BCUT2D eigenvalue weighted by Gasteiger charge is 2.43. The highest BCUT2D eigenvalue weighted by Crippen LogP contribution is 2.46. The normalized spacial score (nSPS) is 17.7. The first-order valence-electron chi connectivity index (χ1n) is 4.83. The van der Waals surface area contributed by atoms with Gasteiger partial charge in [-0.2, -0.15) is 0 Å². The summed E-state index contributed by atoms with van der Waals surface area (Å²) >= 11 is 0. The summed E-state index contributed by atoms with van der Waals surface area (Å²) in [7, 11) is 3.27. The number of aliphatic hydroxyl groups is 1. The quantitative estimate of drug-likeness (QED) is 0.812. The van der Waals surface area contributed by atoms with Crippen molar-refractivity contribution in [3.8, 4) is 0 Å². The van der Waals surface area contributed by atoms with Gasteiger partial charge in [0.15, 0.2) is 11.6 Å². The van der Waals surface area contributed by atoms with Crippen molar-refractivity contribution < 1.29 is 13.9 Å². The van der Waals surface area contributed by atoms with Crippen molar-refractivity contribution in [2.75, 3.05) is 19.0 Å². The van der Waals surface area contributed by atoms with Crippen molar-refractivity contribution in [3.05, 3.63) is 29.3 Å². The van der Waals surface area contributed by atoms with E-state index >= 15 is 0 Å². The van der Waals surface area contributed by atoms with Gasteiger partial charge in [-0.15, -0.1) is 0 Å². The molecule has 2 rings (SSSR count). The van der Waals surface area contributed by atoms with Crippen molar-refractivity contribution in [2.45, 2.75) is 18.4 Å². The van der Waals surface area contributed by atoms with Gasteiger partial charge in [0.2, 0.25) is 0 Å². The lowest BCUT2D eigenvalue weighted by Crippen LogP contribution is -2.14. The molecule has 0 saturated heterocycles. The summed E-state index contributed by atoms with van der Waals surface area (Å²) in [6.45, 7) is 0. The first-order chi connectivity index (χ1) is 6.94. The van der Waals surface area contributed by atoms with Crippen LogP contribution in [0.5, 0.6) is 0 Å². The molecule has 0 aromatic heterocycles. The molecule has 0 heterocycles. The molecule has 1 fully saturated rings. The first-order valence-corrected chi connectivity index (χ1v) is 4.83. The van der Waals surface area contributed by atoms with Crippen molar-refractivity contribution >= 4 is 5.69 Å². The van der Waals surface area contributed by atoms with Crippen LogP contribution in [0.4, 0.5) is 14.5 Å². The Labute approximate surface area is 87.1 Å². The maximum atomic E-state index is 13.3. The molecule has 2 nitrogen and oxygen atoms in total. The molecule has 0 bridgehead atoms. The van der Waals surface area contributed by atoms with Crippen LogP contribution in [0.15, 0.2) is 12.1 Å². The lowest BCUT2D eigenvalue weighted by atomic mass is 10.1. The Kier molecular flexibility index (Phi) is 2.19. The molecule has 1 aromatic rings. The van der Waals surface area contributed by atoms with E-state index in [1.165, 1.54) is 11.0 Å². The Morgan fingerprint density at radius 1 is 1.27 bits per heavy atom. The second-order valence-corrected chi connectivity index (χ2v) is 4.22. The van der Waals surface area contributed by atoms with Crippen molar-refractivity contribution in [1.82, 2.24) is 0 Å². The Morgan fingerprint density at radius 2 is 1.87 bits per heavy atom. The Morgan fingerprint density at radius 3 is 2.33 bits per heavy atom. The predicted molar refractivity (Wildman–Crippen MR) is 53.8 cm³/mol. The number of anilines is 1. The van der Waals surface area contributed by atoms with Crippen molar-refractivity contribution in [1.29, 1.82) is 0 Å². The van der Waals surface area contributed by atoms with E-state index in [0.717, 1.165) is 6.07 Å². The summed E-state index contributed by atoms with van der Waals surface area (Å²) < 4.78 is 26.6. The molecular weight excluding hydrogens is 200 g/mol. The fourth-order valence-electron chi connectivity index (χ4n) is 1.58. The molecular formula is C11H13F2NO. The average Bonchev–Trinajstić information content (AvgIpc) is 2.89. The van der Waals surface area contributed by atoms with E-state index in [4.69, 9.17) is 0 Å². The van der Waals surface area contributed by atoms with Crippen LogP contribution < -0.4 is 4.90 Å². The number of nitrogens with zero attached hydrogens (tertiary/aromatic N) is 1. The van der Waals surface area contributed by atoms with E-state index in [1.807, 2.05) is 0 Å². The maximum Gasteiger partial charge on any atom is 0.182 e. The minimum absolute atomic E-state index is 0.172. The second kappa shape index (κ2) is 3.17. The van der Waals surface area contributed by atoms with Gasteiger partial charge in [-0.05, 0) is 30.5 Å². The van der Waals surface area contributed by atoms with Crippen LogP contribution in [0.25, 0.3) is 0 Å². The molecule has 1 N–H and O–H groups in total. The molecule has 1 aliphatic rings. The lowest BCUT2D eigenvalue weighted by molar-refractivity contribution is 0.151. The zero-order valence-corrected chi connectivity index (χ0v) is 8.72. The first kappa shape index (κ1) is 10.4. The van der Waals surface area contributed by atoms with Crippen molar-refractivity contribution in [3.63, 3.8) is 0 Å². The van der Waals surface area contributed by atoms with Gasteiger partial charge < -0.3 is 10.0 Å². The van der Waals surface area contributed by atoms with E-state index in [-0.39, 0.29) is 5.69 Å². The molecule has 0 atom stereocenters. The van der Waals surface area contributed by atoms with Crippen LogP contribution in [-0.2, 0) is 5.60 Å². The molecule has 1 aliphatic carbocycles. The Balaban J connectivity index is 2.51. The van der Waals surface area contributed by atoms with Crippen LogP contribution in [0.2, 0.25) is 0 Å². The number of benzene rings is 1. The van der Waals surface area contributed by atoms with Crippen molar-refractivity contribution in [2.24, 2.45) is 0 Å². The smallest absolute Gasteiger partial charge is 0.182 e. The van der Waals surface area contributed by atoms with Gasteiger partial charge in [0, 0.05) is 14.1 Å². The number of hydrogen-bond donors (Lipinski definition) is 1. The second-order valence-electron chi connectivity index (χ2n) is 4.22. The van der Waals surface area contributed by atoms with Gasteiger partial charge in [0.25, 0.3) is 0 Å². The Bertz CT molecular complexity index is 400. The molecule has 0 radical (unpaired) electrons. The van der Waals surface area contributed by atoms with Crippen LogP contribution in [0, 0.1) is 11.6 Å². The Hall–Kier alpha value is -1.16. The molecule has 15 heavy (non-hydrogen) atoms. The summed E-state index contributed by atoms with van der Waals surface area (Å²) in [5, 5.41) is 9.81. The summed E-state index contributed by atoms with van der Waals surface area (Å²) in [6.07, 6.45) is 1.23. The van der Waals surface area contributed by atoms with Gasteiger partial charge in [-0.25, -0.2) is 8.78 Å². The number of hydrogen-bond acceptors (Lipinski definition) is 2. The number of halogens is 2. The van der Waals surface area contributed by atoms with Gasteiger partial charge in [-0.1, -0.05) is 0 Å². The molecule has 82 valence electrons. The third-order valence-corrected chi connectivity index (χ3v) is 2.75. The zero-order valence-electron chi connectivity index (χ0n) is 8.72. The molecule has 4 heteroatoms. The third kappa shape index (κ3) is 1.69. The van der Waals surface area contributed by atoms with Gasteiger partial charge in [0.05, 0.1) is 11.3 Å². The molecule has 0 unspecified atom stereocenters. The largest absolute Gasteiger partial charge is 0.385 e. The minimum Gasteiger partial charge on any atom is -0.385 e. The highest BCUT2D eigenvalue weighted by atomic mass is 19.2. The summed E-state index contributed by atoms with van der Waals surface area (Å²) in [4.78, 5) is 1.49. The minimum atomic E-state index is -0.931. The molecule has 0 spiro atoms. The highest BCUT2D eigenvalue weighted by molar-refractivity contribution is 5.51. The third-order valence-electron chi connectivity index (χ3n) is 2.75. The zero-order chi connectivity index (χ0) is 11.2. The van der Waals surface area contributed by atoms with Crippen LogP contribution in [0.3, 0.4) is 0 Å². The van der Waals surface area contributed by atoms with E-state index in [2.05, 4.69) is 0 Å². The van der Waals surface area contributed by atoms with E-state index in [9.17, 15) is 13.9 Å². The molecule has 1 aromatic carbocycles. The van der Waals surface area contributed by atoms with E-state index < -0.39 is 17.2 Å². The molecule has 0 amide bonds. The topological polar surface area (TPSA) is 23.5 Å². The van der Waals surface area contributed by atoms with Gasteiger partial charge in [-0.3, -0.25) is 0 Å². The fraction of sp³-hybridized carbons (Fsp3) is 0.455. The van der Waals surface area contributed by atoms with E-state index in [1.54, 1.807) is 14.1 Å². The SMILES string of the molecule is CN(C)c1cc(C2(O)CC2)cc(F)c1F. The van der Waals surface area contributed by atoms with E-state index in [0.29, 0.717) is 18.4 Å². The monoisotopic (exact) mass is 213 g/mol. The summed E-state index contributed by atoms with van der Waals surface area (Å²) in [6, 6.07) is 2.58. The summed E-state index contributed by atoms with van der Waals surface area (Å²) in [5.41, 5.74) is -0.297. The fourth-order valence-corrected chi connectivity index (χ4v) is 1.58. The standard InChI is InChI=1S/C11H13F2NO/c1-14(2)9-6-7(11(15)3-4-11)5-8(12)10(9)13/h5-6,15H,3-4H2,1-2H3. The van der Waals surface area contributed by atoms with Crippen LogP contribution >= 0.6 is 0 Å². The average molecular weight is 213 g/mol. The number of rotatable bonds is 2. The van der Waals surface area contributed by atoms with Gasteiger partial charge >= 0.3 is 0 Å². The maximum absolute atomic E-state index is 13.3. The predicted octanol–water partition coefficient (Wildman–Crippen LogP) is 2.01. The molecule has 1 saturated carbocycles. The van der Waals surface area contributed by atoms with Crippen LogP contribution in [0.1, 0.15) is 18.4 Å². The van der Waals surface area contributed by atoms with Crippen LogP contribution in [-0.4, -0.2) is 19.2 Å². The molecule has 0 aliphatic heterocycles. The van der Waals surface area contributed by atoms with Gasteiger partial charge in [0.1, 0.15) is 0 Å².